The first-order chi connectivity index (χ1) is 4.61. The average Bonchev–Trinajstić information content (AvgIpc) is 1.82. The van der Waals surface area contributed by atoms with E-state index in [1.807, 2.05) is 6.92 Å². The number of allylic oxidation sites excluding steroid dienone is 3. The van der Waals surface area contributed by atoms with Gasteiger partial charge in [-0.1, -0.05) is 0 Å². The third-order valence-corrected chi connectivity index (χ3v) is 1.52. The number of hydrogen-bond acceptors (Lipinski definition) is 1. The van der Waals surface area contributed by atoms with Crippen molar-refractivity contribution in [2.45, 2.75) is 20.8 Å². The Morgan fingerprint density at radius 1 is 1.30 bits per heavy atom. The summed E-state index contributed by atoms with van der Waals surface area (Å²) in [7, 11) is 0. The number of carbonyl (C=O) groups is 1. The Morgan fingerprint density at radius 3 is 2.40 bits per heavy atom. The maximum atomic E-state index is 10.9. The van der Waals surface area contributed by atoms with Crippen LogP contribution in [0.2, 0.25) is 0 Å². The van der Waals surface area contributed by atoms with Gasteiger partial charge in [-0.05, 0) is 26.3 Å². The molecule has 0 unspecified atom stereocenters. The Hall–Kier alpha value is -1.05. The summed E-state index contributed by atoms with van der Waals surface area (Å²) < 4.78 is 0. The molecule has 0 aromatic rings. The lowest BCUT2D eigenvalue weighted by Crippen LogP contribution is -2.19. The van der Waals surface area contributed by atoms with Gasteiger partial charge in [0.2, 0.25) is 0 Å². The van der Waals surface area contributed by atoms with Gasteiger partial charge in [0.05, 0.1) is 0 Å². The summed E-state index contributed by atoms with van der Waals surface area (Å²) in [6.07, 6.45) is 2.97. The van der Waals surface area contributed by atoms with E-state index in [0.29, 0.717) is 11.3 Å². The van der Waals surface area contributed by atoms with Gasteiger partial charge in [-0.15, -0.1) is 0 Å². The fraction of sp³-hybridized carbons (Fsp3) is 0.375. The molecule has 0 bridgehead atoms. The van der Waals surface area contributed by atoms with Crippen LogP contribution in [0.3, 0.4) is 0 Å². The van der Waals surface area contributed by atoms with E-state index in [4.69, 9.17) is 0 Å². The Morgan fingerprint density at radius 2 is 1.90 bits per heavy atom. The SMILES string of the molecule is CC1=[C]C(C)=C(C)C(=O)[N]1. The van der Waals surface area contributed by atoms with Gasteiger partial charge in [0.1, 0.15) is 0 Å². The Labute approximate surface area is 60.6 Å². The van der Waals surface area contributed by atoms with Gasteiger partial charge in [-0.25, -0.2) is 5.32 Å². The maximum Gasteiger partial charge on any atom is 0.273 e. The summed E-state index contributed by atoms with van der Waals surface area (Å²) in [4.78, 5) is 10.9. The van der Waals surface area contributed by atoms with Crippen molar-refractivity contribution >= 4 is 5.91 Å². The van der Waals surface area contributed by atoms with Crippen LogP contribution < -0.4 is 5.32 Å². The van der Waals surface area contributed by atoms with E-state index in [9.17, 15) is 4.79 Å². The first-order valence-electron chi connectivity index (χ1n) is 3.15. The zero-order valence-corrected chi connectivity index (χ0v) is 6.36. The second-order valence-electron chi connectivity index (χ2n) is 2.38. The highest BCUT2D eigenvalue weighted by atomic mass is 16.1. The van der Waals surface area contributed by atoms with Crippen LogP contribution in [0.25, 0.3) is 0 Å². The predicted octanol–water partition coefficient (Wildman–Crippen LogP) is 1.17. The van der Waals surface area contributed by atoms with Crippen molar-refractivity contribution < 1.29 is 4.79 Å². The Balaban J connectivity index is 3.03. The molecule has 0 fully saturated rings. The first kappa shape index (κ1) is 7.06. The van der Waals surface area contributed by atoms with E-state index in [1.54, 1.807) is 13.8 Å². The zero-order chi connectivity index (χ0) is 7.72. The molecule has 0 aromatic heterocycles. The van der Waals surface area contributed by atoms with E-state index in [0.717, 1.165) is 5.57 Å². The molecule has 1 aliphatic heterocycles. The molecule has 1 heterocycles. The highest BCUT2D eigenvalue weighted by Crippen LogP contribution is 2.12. The van der Waals surface area contributed by atoms with Crippen molar-refractivity contribution in [1.29, 1.82) is 0 Å². The fourth-order valence-corrected chi connectivity index (χ4v) is 0.790. The summed E-state index contributed by atoms with van der Waals surface area (Å²) in [5.74, 6) is -0.131. The largest absolute Gasteiger partial charge is 0.273 e. The van der Waals surface area contributed by atoms with Gasteiger partial charge in [-0.3, -0.25) is 4.79 Å². The van der Waals surface area contributed by atoms with Crippen molar-refractivity contribution in [3.05, 3.63) is 22.9 Å². The smallest absolute Gasteiger partial charge is 0.267 e. The first-order valence-corrected chi connectivity index (χ1v) is 3.15. The Kier molecular flexibility index (Phi) is 1.62. The zero-order valence-electron chi connectivity index (χ0n) is 6.36. The monoisotopic (exact) mass is 135 g/mol. The third-order valence-electron chi connectivity index (χ3n) is 1.52. The molecule has 0 saturated carbocycles. The molecule has 0 spiro atoms. The summed E-state index contributed by atoms with van der Waals surface area (Å²) in [6.45, 7) is 5.40. The van der Waals surface area contributed by atoms with Crippen molar-refractivity contribution in [3.63, 3.8) is 0 Å². The number of rotatable bonds is 0. The minimum atomic E-state index is -0.131. The number of amides is 1. The molecule has 1 rings (SSSR count). The molecule has 0 aliphatic carbocycles. The molecular weight excluding hydrogens is 126 g/mol. The summed E-state index contributed by atoms with van der Waals surface area (Å²) >= 11 is 0. The number of nitrogens with zero attached hydrogens (tertiary/aromatic N) is 1. The lowest BCUT2D eigenvalue weighted by atomic mass is 10.1. The van der Waals surface area contributed by atoms with Crippen LogP contribution in [-0.2, 0) is 4.79 Å². The number of carbonyl (C=O) groups excluding carboxylic acids is 1. The molecular formula is C8H9NO. The summed E-state index contributed by atoms with van der Waals surface area (Å²) in [5, 5.41) is 3.72. The molecule has 10 heavy (non-hydrogen) atoms. The van der Waals surface area contributed by atoms with Crippen LogP contribution >= 0.6 is 0 Å². The fourth-order valence-electron chi connectivity index (χ4n) is 0.790. The third kappa shape index (κ3) is 1.10. The lowest BCUT2D eigenvalue weighted by molar-refractivity contribution is -0.117. The van der Waals surface area contributed by atoms with Gasteiger partial charge < -0.3 is 0 Å². The van der Waals surface area contributed by atoms with Crippen LogP contribution in [0.4, 0.5) is 0 Å². The normalized spacial score (nSPS) is 18.7. The van der Waals surface area contributed by atoms with Crippen molar-refractivity contribution in [2.24, 2.45) is 0 Å². The van der Waals surface area contributed by atoms with Gasteiger partial charge in [0.25, 0.3) is 5.91 Å². The molecule has 1 amide bonds. The molecule has 0 saturated heterocycles. The maximum absolute atomic E-state index is 10.9. The molecule has 0 N–H and O–H groups in total. The van der Waals surface area contributed by atoms with Crippen LogP contribution in [0.5, 0.6) is 0 Å². The van der Waals surface area contributed by atoms with Gasteiger partial charge in [0.15, 0.2) is 0 Å². The second-order valence-corrected chi connectivity index (χ2v) is 2.38. The molecule has 2 radical (unpaired) electrons. The van der Waals surface area contributed by atoms with E-state index in [-0.39, 0.29) is 5.91 Å². The van der Waals surface area contributed by atoms with E-state index < -0.39 is 0 Å². The van der Waals surface area contributed by atoms with Crippen LogP contribution in [0, 0.1) is 6.08 Å². The molecule has 2 heteroatoms. The predicted molar refractivity (Wildman–Crippen MR) is 37.9 cm³/mol. The molecule has 52 valence electrons. The number of hydrogen-bond donors (Lipinski definition) is 0. The van der Waals surface area contributed by atoms with Gasteiger partial charge >= 0.3 is 0 Å². The average molecular weight is 135 g/mol. The van der Waals surface area contributed by atoms with Gasteiger partial charge in [-0.2, -0.15) is 0 Å². The van der Waals surface area contributed by atoms with E-state index >= 15 is 0 Å². The lowest BCUT2D eigenvalue weighted by Gasteiger charge is -2.09. The highest BCUT2D eigenvalue weighted by Gasteiger charge is 2.13. The molecule has 2 nitrogen and oxygen atoms in total. The van der Waals surface area contributed by atoms with Crippen molar-refractivity contribution in [3.8, 4) is 0 Å². The van der Waals surface area contributed by atoms with Crippen molar-refractivity contribution in [2.75, 3.05) is 0 Å². The summed E-state index contributed by atoms with van der Waals surface area (Å²) in [6, 6.07) is 0. The summed E-state index contributed by atoms with van der Waals surface area (Å²) in [5.41, 5.74) is 2.27. The molecule has 0 atom stereocenters. The minimum absolute atomic E-state index is 0.131. The topological polar surface area (TPSA) is 31.2 Å². The minimum Gasteiger partial charge on any atom is -0.267 e. The van der Waals surface area contributed by atoms with E-state index in [2.05, 4.69) is 11.4 Å². The van der Waals surface area contributed by atoms with Crippen LogP contribution in [0.15, 0.2) is 16.8 Å². The highest BCUT2D eigenvalue weighted by molar-refractivity contribution is 5.95. The van der Waals surface area contributed by atoms with Crippen molar-refractivity contribution in [1.82, 2.24) is 5.32 Å². The van der Waals surface area contributed by atoms with E-state index in [1.165, 1.54) is 0 Å². The molecule has 1 aliphatic rings. The second kappa shape index (κ2) is 2.29. The Bertz CT molecular complexity index is 236. The quantitative estimate of drug-likeness (QED) is 0.490. The molecule has 0 aromatic carbocycles. The van der Waals surface area contributed by atoms with Crippen LogP contribution in [-0.4, -0.2) is 5.91 Å². The van der Waals surface area contributed by atoms with Crippen LogP contribution in [0.1, 0.15) is 20.8 Å². The standard InChI is InChI=1S/C8H9NO/c1-5-4-6(2)9-8(10)7(5)3/h1-3H3. The van der Waals surface area contributed by atoms with Gasteiger partial charge in [0, 0.05) is 17.3 Å².